The van der Waals surface area contributed by atoms with Gasteiger partial charge < -0.3 is 4.74 Å². The smallest absolute Gasteiger partial charge is 0.322 e. The van der Waals surface area contributed by atoms with Gasteiger partial charge in [0, 0.05) is 5.56 Å². The molecular weight excluding hydrogens is 312 g/mol. The Hall–Kier alpha value is -2.82. The molecule has 0 aliphatic carbocycles. The molecule has 5 heteroatoms. The molecular formula is C20H22N4O. The number of benzene rings is 1. The molecule has 0 aliphatic rings. The van der Waals surface area contributed by atoms with Gasteiger partial charge in [0.25, 0.3) is 0 Å². The van der Waals surface area contributed by atoms with Crippen LogP contribution in [0.4, 0.5) is 0 Å². The van der Waals surface area contributed by atoms with E-state index in [1.54, 1.807) is 12.4 Å². The van der Waals surface area contributed by atoms with Gasteiger partial charge in [0.2, 0.25) is 0 Å². The highest BCUT2D eigenvalue weighted by atomic mass is 16.5. The maximum atomic E-state index is 5.72. The van der Waals surface area contributed by atoms with E-state index in [4.69, 9.17) is 4.74 Å². The molecule has 0 atom stereocenters. The zero-order chi connectivity index (χ0) is 18.1. The third-order valence-electron chi connectivity index (χ3n) is 4.30. The Morgan fingerprint density at radius 1 is 0.800 bits per heavy atom. The number of ether oxygens (including phenoxy) is 1. The summed E-state index contributed by atoms with van der Waals surface area (Å²) in [5, 5.41) is 0. The van der Waals surface area contributed by atoms with Crippen LogP contribution in [0.5, 0.6) is 11.8 Å². The molecule has 128 valence electrons. The van der Waals surface area contributed by atoms with Crippen molar-refractivity contribution < 1.29 is 4.74 Å². The SMILES string of the molecule is Cc1cc(C)c(C)c(-c2c(C)nc(Oc3cnc(C)nc3)nc2C)c1. The van der Waals surface area contributed by atoms with Crippen LogP contribution in [-0.2, 0) is 0 Å². The van der Waals surface area contributed by atoms with Crippen LogP contribution in [0.2, 0.25) is 0 Å². The summed E-state index contributed by atoms with van der Waals surface area (Å²) in [6, 6.07) is 4.70. The molecule has 0 fully saturated rings. The van der Waals surface area contributed by atoms with Crippen molar-refractivity contribution in [3.05, 3.63) is 58.4 Å². The van der Waals surface area contributed by atoms with Gasteiger partial charge in [0.05, 0.1) is 23.8 Å². The van der Waals surface area contributed by atoms with Crippen LogP contribution in [0, 0.1) is 41.5 Å². The number of aromatic nitrogens is 4. The molecule has 2 heterocycles. The molecule has 0 unspecified atom stereocenters. The van der Waals surface area contributed by atoms with Crippen molar-refractivity contribution in [3.63, 3.8) is 0 Å². The zero-order valence-electron chi connectivity index (χ0n) is 15.5. The standard InChI is InChI=1S/C20H22N4O/c1-11-7-12(2)13(3)18(8-11)19-14(4)23-20(24-15(19)5)25-17-9-21-16(6)22-10-17/h7-10H,1-6H3. The first-order valence-electron chi connectivity index (χ1n) is 8.25. The van der Waals surface area contributed by atoms with Gasteiger partial charge in [-0.2, -0.15) is 9.97 Å². The normalized spacial score (nSPS) is 10.8. The minimum atomic E-state index is 0.313. The summed E-state index contributed by atoms with van der Waals surface area (Å²) in [6.07, 6.45) is 3.25. The minimum absolute atomic E-state index is 0.313. The van der Waals surface area contributed by atoms with Gasteiger partial charge in [-0.15, -0.1) is 0 Å². The summed E-state index contributed by atoms with van der Waals surface area (Å²) in [5.41, 5.74) is 7.78. The molecule has 0 amide bonds. The van der Waals surface area contributed by atoms with Crippen LogP contribution in [0.25, 0.3) is 11.1 Å². The number of hydrogen-bond acceptors (Lipinski definition) is 5. The lowest BCUT2D eigenvalue weighted by Gasteiger charge is -2.15. The molecule has 0 aliphatic heterocycles. The number of rotatable bonds is 3. The highest BCUT2D eigenvalue weighted by Crippen LogP contribution is 2.32. The van der Waals surface area contributed by atoms with Crippen molar-refractivity contribution >= 4 is 0 Å². The van der Waals surface area contributed by atoms with Crippen LogP contribution < -0.4 is 4.74 Å². The lowest BCUT2D eigenvalue weighted by atomic mass is 9.93. The Kier molecular flexibility index (Phi) is 4.49. The molecule has 0 radical (unpaired) electrons. The average Bonchev–Trinajstić information content (AvgIpc) is 2.53. The average molecular weight is 334 g/mol. The van der Waals surface area contributed by atoms with E-state index in [9.17, 15) is 0 Å². The number of hydrogen-bond donors (Lipinski definition) is 0. The monoisotopic (exact) mass is 334 g/mol. The predicted molar refractivity (Wildman–Crippen MR) is 98.0 cm³/mol. The first-order chi connectivity index (χ1) is 11.8. The third kappa shape index (κ3) is 3.50. The summed E-state index contributed by atoms with van der Waals surface area (Å²) < 4.78 is 5.72. The molecule has 2 aromatic heterocycles. The molecule has 3 rings (SSSR count). The van der Waals surface area contributed by atoms with Crippen molar-refractivity contribution in [2.75, 3.05) is 0 Å². The Morgan fingerprint density at radius 2 is 1.40 bits per heavy atom. The summed E-state index contributed by atoms with van der Waals surface area (Å²) in [6.45, 7) is 12.2. The molecule has 3 aromatic rings. The van der Waals surface area contributed by atoms with Crippen LogP contribution in [0.3, 0.4) is 0 Å². The van der Waals surface area contributed by atoms with Crippen molar-refractivity contribution in [3.8, 4) is 22.9 Å². The third-order valence-corrected chi connectivity index (χ3v) is 4.30. The zero-order valence-corrected chi connectivity index (χ0v) is 15.5. The highest BCUT2D eigenvalue weighted by molar-refractivity contribution is 5.73. The fraction of sp³-hybridized carbons (Fsp3) is 0.300. The van der Waals surface area contributed by atoms with Gasteiger partial charge in [-0.3, -0.25) is 0 Å². The predicted octanol–water partition coefficient (Wildman–Crippen LogP) is 4.58. The second-order valence-corrected chi connectivity index (χ2v) is 6.37. The topological polar surface area (TPSA) is 60.8 Å². The quantitative estimate of drug-likeness (QED) is 0.702. The molecule has 0 N–H and O–H groups in total. The second-order valence-electron chi connectivity index (χ2n) is 6.37. The fourth-order valence-corrected chi connectivity index (χ4v) is 2.96. The van der Waals surface area contributed by atoms with Crippen molar-refractivity contribution in [1.82, 2.24) is 19.9 Å². The lowest BCUT2D eigenvalue weighted by molar-refractivity contribution is 0.434. The van der Waals surface area contributed by atoms with Crippen LogP contribution in [0.1, 0.15) is 33.9 Å². The molecule has 25 heavy (non-hydrogen) atoms. The number of aryl methyl sites for hydroxylation is 5. The molecule has 0 bridgehead atoms. The molecule has 0 saturated carbocycles. The molecule has 1 aromatic carbocycles. The van der Waals surface area contributed by atoms with Crippen LogP contribution in [0.15, 0.2) is 24.5 Å². The summed E-state index contributed by atoms with van der Waals surface area (Å²) in [5.74, 6) is 1.22. The van der Waals surface area contributed by atoms with E-state index in [0.29, 0.717) is 17.6 Å². The van der Waals surface area contributed by atoms with E-state index in [1.807, 2.05) is 20.8 Å². The van der Waals surface area contributed by atoms with Gasteiger partial charge in [0.1, 0.15) is 5.82 Å². The highest BCUT2D eigenvalue weighted by Gasteiger charge is 2.15. The van der Waals surface area contributed by atoms with Crippen molar-refractivity contribution in [2.45, 2.75) is 41.5 Å². The van der Waals surface area contributed by atoms with Crippen molar-refractivity contribution in [2.24, 2.45) is 0 Å². The number of nitrogens with zero attached hydrogens (tertiary/aromatic N) is 4. The van der Waals surface area contributed by atoms with E-state index in [1.165, 1.54) is 22.3 Å². The fourth-order valence-electron chi connectivity index (χ4n) is 2.96. The maximum absolute atomic E-state index is 5.72. The summed E-state index contributed by atoms with van der Waals surface area (Å²) in [7, 11) is 0. The van der Waals surface area contributed by atoms with Gasteiger partial charge in [0.15, 0.2) is 5.75 Å². The van der Waals surface area contributed by atoms with Gasteiger partial charge in [-0.05, 0) is 58.2 Å². The molecule has 5 nitrogen and oxygen atoms in total. The van der Waals surface area contributed by atoms with E-state index in [0.717, 1.165) is 17.0 Å². The first-order valence-corrected chi connectivity index (χ1v) is 8.25. The molecule has 0 saturated heterocycles. The Balaban J connectivity index is 2.03. The Bertz CT molecular complexity index is 910. The van der Waals surface area contributed by atoms with E-state index < -0.39 is 0 Å². The Labute approximate surface area is 148 Å². The van der Waals surface area contributed by atoms with E-state index in [2.05, 4.69) is 52.8 Å². The summed E-state index contributed by atoms with van der Waals surface area (Å²) >= 11 is 0. The summed E-state index contributed by atoms with van der Waals surface area (Å²) in [4.78, 5) is 17.3. The van der Waals surface area contributed by atoms with E-state index >= 15 is 0 Å². The lowest BCUT2D eigenvalue weighted by Crippen LogP contribution is -2.02. The first kappa shape index (κ1) is 17.0. The van der Waals surface area contributed by atoms with E-state index in [-0.39, 0.29) is 0 Å². The van der Waals surface area contributed by atoms with Crippen molar-refractivity contribution in [1.29, 1.82) is 0 Å². The van der Waals surface area contributed by atoms with Gasteiger partial charge in [-0.25, -0.2) is 9.97 Å². The largest absolute Gasteiger partial charge is 0.421 e. The Morgan fingerprint density at radius 3 is 2.00 bits per heavy atom. The van der Waals surface area contributed by atoms with Gasteiger partial charge >= 0.3 is 6.01 Å². The second kappa shape index (κ2) is 6.59. The maximum Gasteiger partial charge on any atom is 0.322 e. The molecule has 0 spiro atoms. The van der Waals surface area contributed by atoms with Crippen LogP contribution >= 0.6 is 0 Å². The van der Waals surface area contributed by atoms with Gasteiger partial charge in [-0.1, -0.05) is 17.7 Å². The minimum Gasteiger partial charge on any atom is -0.421 e. The van der Waals surface area contributed by atoms with Crippen LogP contribution in [-0.4, -0.2) is 19.9 Å².